The van der Waals surface area contributed by atoms with E-state index in [0.29, 0.717) is 5.69 Å². The highest BCUT2D eigenvalue weighted by molar-refractivity contribution is 9.10. The van der Waals surface area contributed by atoms with E-state index in [1.54, 1.807) is 19.5 Å². The van der Waals surface area contributed by atoms with Crippen molar-refractivity contribution < 1.29 is 9.53 Å². The molecule has 6 nitrogen and oxygen atoms in total. The summed E-state index contributed by atoms with van der Waals surface area (Å²) in [6.45, 7) is 0. The van der Waals surface area contributed by atoms with E-state index < -0.39 is 5.91 Å². The summed E-state index contributed by atoms with van der Waals surface area (Å²) < 4.78 is 6.07. The van der Waals surface area contributed by atoms with Gasteiger partial charge in [-0.25, -0.2) is 10.4 Å². The van der Waals surface area contributed by atoms with Crippen LogP contribution in [0.25, 0.3) is 11.3 Å². The van der Waals surface area contributed by atoms with Gasteiger partial charge in [0.15, 0.2) is 0 Å². The van der Waals surface area contributed by atoms with Gasteiger partial charge in [-0.2, -0.15) is 5.10 Å². The van der Waals surface area contributed by atoms with Crippen LogP contribution in [0.3, 0.4) is 0 Å². The Morgan fingerprint density at radius 1 is 1.19 bits per heavy atom. The van der Waals surface area contributed by atoms with Gasteiger partial charge in [-0.3, -0.25) is 9.78 Å². The molecule has 3 rings (SSSR count). The summed E-state index contributed by atoms with van der Waals surface area (Å²) in [6, 6.07) is 14.9. The lowest BCUT2D eigenvalue weighted by Gasteiger charge is -2.04. The Morgan fingerprint density at radius 2 is 2.00 bits per heavy atom. The fourth-order valence-electron chi connectivity index (χ4n) is 2.19. The molecule has 1 heterocycles. The van der Waals surface area contributed by atoms with Crippen molar-refractivity contribution >= 4 is 28.1 Å². The van der Waals surface area contributed by atoms with Gasteiger partial charge in [0.05, 0.1) is 31.4 Å². The molecule has 0 atom stereocenters. The molecular weight excluding hydrogens is 396 g/mol. The second-order valence-electron chi connectivity index (χ2n) is 5.27. The predicted molar refractivity (Wildman–Crippen MR) is 103 cm³/mol. The van der Waals surface area contributed by atoms with Crippen LogP contribution in [0.4, 0.5) is 0 Å². The molecule has 0 aliphatic carbocycles. The summed E-state index contributed by atoms with van der Waals surface area (Å²) in [5.41, 5.74) is 4.93. The van der Waals surface area contributed by atoms with Crippen molar-refractivity contribution in [3.05, 3.63) is 76.7 Å². The molecule has 0 spiro atoms. The van der Waals surface area contributed by atoms with Crippen molar-refractivity contribution in [3.63, 3.8) is 0 Å². The normalized spacial score (nSPS) is 10.7. The quantitative estimate of drug-likeness (QED) is 0.514. The van der Waals surface area contributed by atoms with Crippen LogP contribution in [-0.4, -0.2) is 29.2 Å². The predicted octanol–water partition coefficient (Wildman–Crippen LogP) is 3.68. The molecule has 0 saturated heterocycles. The Bertz CT molecular complexity index is 942. The van der Waals surface area contributed by atoms with Crippen molar-refractivity contribution in [1.29, 1.82) is 0 Å². The largest absolute Gasteiger partial charge is 0.497 e. The van der Waals surface area contributed by atoms with Gasteiger partial charge in [0.2, 0.25) is 0 Å². The first kappa shape index (κ1) is 17.8. The van der Waals surface area contributed by atoms with E-state index in [9.17, 15) is 4.79 Å². The van der Waals surface area contributed by atoms with E-state index in [4.69, 9.17) is 4.74 Å². The minimum Gasteiger partial charge on any atom is -0.497 e. The van der Waals surface area contributed by atoms with E-state index in [0.717, 1.165) is 21.3 Å². The van der Waals surface area contributed by atoms with Gasteiger partial charge in [0.1, 0.15) is 11.4 Å². The van der Waals surface area contributed by atoms with Crippen LogP contribution in [0, 0.1) is 0 Å². The number of rotatable bonds is 5. The number of halogens is 1. The van der Waals surface area contributed by atoms with E-state index in [1.165, 1.54) is 6.20 Å². The van der Waals surface area contributed by atoms with Crippen LogP contribution in [0.15, 0.2) is 70.5 Å². The molecule has 0 unspecified atom stereocenters. The average Bonchev–Trinajstić information content (AvgIpc) is 2.68. The number of nitrogens with one attached hydrogen (secondary N) is 1. The molecule has 0 bridgehead atoms. The van der Waals surface area contributed by atoms with Gasteiger partial charge in [-0.1, -0.05) is 28.1 Å². The third-order valence-electron chi connectivity index (χ3n) is 3.48. The van der Waals surface area contributed by atoms with Gasteiger partial charge in [0.25, 0.3) is 5.91 Å². The number of carbonyl (C=O) groups is 1. The number of methoxy groups -OCH3 is 1. The maximum atomic E-state index is 12.2. The second-order valence-corrected chi connectivity index (χ2v) is 6.19. The van der Waals surface area contributed by atoms with Crippen LogP contribution >= 0.6 is 15.9 Å². The van der Waals surface area contributed by atoms with Gasteiger partial charge < -0.3 is 4.74 Å². The zero-order chi connectivity index (χ0) is 18.4. The number of ether oxygens (including phenoxy) is 1. The van der Waals surface area contributed by atoms with Crippen LogP contribution in [0.5, 0.6) is 5.75 Å². The Hall–Kier alpha value is -3.06. The highest BCUT2D eigenvalue weighted by Gasteiger charge is 2.09. The van der Waals surface area contributed by atoms with Crippen LogP contribution < -0.4 is 10.2 Å². The Kier molecular flexibility index (Phi) is 5.70. The summed E-state index contributed by atoms with van der Waals surface area (Å²) in [7, 11) is 1.61. The zero-order valence-electron chi connectivity index (χ0n) is 13.9. The molecule has 26 heavy (non-hydrogen) atoms. The van der Waals surface area contributed by atoms with Crippen molar-refractivity contribution in [3.8, 4) is 17.0 Å². The van der Waals surface area contributed by atoms with Crippen LogP contribution in [-0.2, 0) is 0 Å². The number of hydrogen-bond acceptors (Lipinski definition) is 5. The van der Waals surface area contributed by atoms with Crippen molar-refractivity contribution in [2.75, 3.05) is 7.11 Å². The van der Waals surface area contributed by atoms with Crippen molar-refractivity contribution in [2.45, 2.75) is 0 Å². The number of carbonyl (C=O) groups excluding carboxylic acids is 1. The molecule has 2 aromatic carbocycles. The third-order valence-corrected chi connectivity index (χ3v) is 3.97. The second kappa shape index (κ2) is 8.35. The monoisotopic (exact) mass is 410 g/mol. The fourth-order valence-corrected chi connectivity index (χ4v) is 2.60. The first-order valence-electron chi connectivity index (χ1n) is 7.71. The molecule has 0 saturated carbocycles. The number of amides is 1. The Labute approximate surface area is 159 Å². The number of hydrogen-bond donors (Lipinski definition) is 1. The Morgan fingerprint density at radius 3 is 2.73 bits per heavy atom. The zero-order valence-corrected chi connectivity index (χ0v) is 15.5. The maximum absolute atomic E-state index is 12.2. The van der Waals surface area contributed by atoms with Crippen LogP contribution in [0.1, 0.15) is 16.1 Å². The fraction of sp³-hybridized carbons (Fsp3) is 0.0526. The number of nitrogens with zero attached hydrogens (tertiary/aromatic N) is 3. The standard InChI is InChI=1S/C19H15BrN4O2/c1-26-16-7-5-14(6-8-16)17-11-21-12-18(23-17)19(25)24-22-10-13-3-2-4-15(20)9-13/h2-12H,1H3,(H,24,25)/b22-10+. The lowest BCUT2D eigenvalue weighted by atomic mass is 10.1. The van der Waals surface area contributed by atoms with Crippen LogP contribution in [0.2, 0.25) is 0 Å². The SMILES string of the molecule is COc1ccc(-c2cncc(C(=O)N/N=C/c3cccc(Br)c3)n2)cc1. The number of hydrazone groups is 1. The van der Waals surface area contributed by atoms with E-state index in [-0.39, 0.29) is 5.69 Å². The summed E-state index contributed by atoms with van der Waals surface area (Å²) in [5, 5.41) is 3.95. The topological polar surface area (TPSA) is 76.5 Å². The highest BCUT2D eigenvalue weighted by Crippen LogP contribution is 2.20. The van der Waals surface area contributed by atoms with Gasteiger partial charge in [-0.15, -0.1) is 0 Å². The highest BCUT2D eigenvalue weighted by atomic mass is 79.9. The molecular formula is C19H15BrN4O2. The molecule has 7 heteroatoms. The van der Waals surface area contributed by atoms with Crippen molar-refractivity contribution in [1.82, 2.24) is 15.4 Å². The maximum Gasteiger partial charge on any atom is 0.291 e. The summed E-state index contributed by atoms with van der Waals surface area (Å²) in [5.74, 6) is 0.316. The number of benzene rings is 2. The molecule has 1 aromatic heterocycles. The molecule has 1 amide bonds. The van der Waals surface area contributed by atoms with Crippen molar-refractivity contribution in [2.24, 2.45) is 5.10 Å². The first-order chi connectivity index (χ1) is 12.7. The molecule has 0 fully saturated rings. The summed E-state index contributed by atoms with van der Waals surface area (Å²) in [6.07, 6.45) is 4.56. The lowest BCUT2D eigenvalue weighted by molar-refractivity contribution is 0.0950. The molecule has 0 aliphatic rings. The molecule has 0 radical (unpaired) electrons. The van der Waals surface area contributed by atoms with E-state index in [1.807, 2.05) is 48.5 Å². The van der Waals surface area contributed by atoms with Gasteiger partial charge in [-0.05, 0) is 42.0 Å². The van der Waals surface area contributed by atoms with E-state index in [2.05, 4.69) is 36.4 Å². The Balaban J connectivity index is 1.71. The molecule has 130 valence electrons. The number of aromatic nitrogens is 2. The lowest BCUT2D eigenvalue weighted by Crippen LogP contribution is -2.19. The smallest absolute Gasteiger partial charge is 0.291 e. The first-order valence-corrected chi connectivity index (χ1v) is 8.50. The summed E-state index contributed by atoms with van der Waals surface area (Å²) in [4.78, 5) is 20.7. The third kappa shape index (κ3) is 4.52. The minimum absolute atomic E-state index is 0.185. The average molecular weight is 411 g/mol. The summed E-state index contributed by atoms with van der Waals surface area (Å²) >= 11 is 3.38. The molecule has 0 aliphatic heterocycles. The van der Waals surface area contributed by atoms with E-state index >= 15 is 0 Å². The van der Waals surface area contributed by atoms with Gasteiger partial charge >= 0.3 is 0 Å². The molecule has 3 aromatic rings. The molecule has 1 N–H and O–H groups in total. The van der Waals surface area contributed by atoms with Gasteiger partial charge in [0, 0.05) is 10.0 Å². The minimum atomic E-state index is -0.431.